The first kappa shape index (κ1) is 13.4. The van der Waals surface area contributed by atoms with Gasteiger partial charge in [-0.25, -0.2) is 8.42 Å². The minimum Gasteiger partial charge on any atom is -0.496 e. The minimum absolute atomic E-state index is 0.229. The third kappa shape index (κ3) is 2.24. The van der Waals surface area contributed by atoms with E-state index in [1.165, 1.54) is 7.11 Å². The summed E-state index contributed by atoms with van der Waals surface area (Å²) in [6.07, 6.45) is 0.638. The van der Waals surface area contributed by atoms with E-state index in [2.05, 4.69) is 0 Å². The fourth-order valence-electron chi connectivity index (χ4n) is 2.46. The Kier molecular flexibility index (Phi) is 3.15. The molecule has 1 heterocycles. The highest BCUT2D eigenvalue weighted by molar-refractivity contribution is 7.92. The summed E-state index contributed by atoms with van der Waals surface area (Å²) in [6, 6.07) is 5.06. The van der Waals surface area contributed by atoms with Crippen molar-refractivity contribution in [3.8, 4) is 5.75 Å². The number of ether oxygens (including phenoxy) is 1. The lowest BCUT2D eigenvalue weighted by Crippen LogP contribution is -2.30. The first-order chi connectivity index (χ1) is 8.25. The Morgan fingerprint density at radius 2 is 2.11 bits per heavy atom. The van der Waals surface area contributed by atoms with Crippen molar-refractivity contribution in [1.29, 1.82) is 0 Å². The van der Waals surface area contributed by atoms with Crippen LogP contribution < -0.4 is 4.74 Å². The molecule has 0 spiro atoms. The zero-order valence-electron chi connectivity index (χ0n) is 10.8. The Morgan fingerprint density at radius 1 is 1.44 bits per heavy atom. The molecule has 18 heavy (non-hydrogen) atoms. The van der Waals surface area contributed by atoms with Gasteiger partial charge in [-0.2, -0.15) is 0 Å². The van der Waals surface area contributed by atoms with Crippen LogP contribution in [0.4, 0.5) is 0 Å². The van der Waals surface area contributed by atoms with E-state index >= 15 is 0 Å². The maximum Gasteiger partial charge on any atom is 0.182 e. The topological polar surface area (TPSA) is 63.6 Å². The number of fused-ring (bicyclic) bond motifs is 1. The lowest BCUT2D eigenvalue weighted by Gasteiger charge is -2.20. The molecule has 2 rings (SSSR count). The van der Waals surface area contributed by atoms with E-state index in [1.54, 1.807) is 32.0 Å². The summed E-state index contributed by atoms with van der Waals surface area (Å²) < 4.78 is 29.9. The van der Waals surface area contributed by atoms with Crippen molar-refractivity contribution in [3.63, 3.8) is 0 Å². The second-order valence-electron chi connectivity index (χ2n) is 5.32. The van der Waals surface area contributed by atoms with Crippen molar-refractivity contribution >= 4 is 9.84 Å². The number of methoxy groups -OCH3 is 1. The number of sulfone groups is 1. The van der Waals surface area contributed by atoms with Gasteiger partial charge in [0.25, 0.3) is 0 Å². The molecule has 0 saturated carbocycles. The first-order valence-electron chi connectivity index (χ1n) is 5.88. The summed E-state index contributed by atoms with van der Waals surface area (Å²) in [5, 5.41) is 9.25. The third-order valence-corrected chi connectivity index (χ3v) is 5.42. The van der Waals surface area contributed by atoms with Crippen LogP contribution >= 0.6 is 0 Å². The molecular formula is C13H18O4S. The predicted octanol–water partition coefficient (Wildman–Crippen LogP) is 1.55. The molecule has 100 valence electrons. The smallest absolute Gasteiger partial charge is 0.182 e. The van der Waals surface area contributed by atoms with Gasteiger partial charge in [0.1, 0.15) is 5.75 Å². The SMILES string of the molecule is COc1cccc2c1CC(CC(C)(C)O)S2(=O)=O. The molecule has 1 unspecified atom stereocenters. The van der Waals surface area contributed by atoms with Gasteiger partial charge in [-0.3, -0.25) is 0 Å². The van der Waals surface area contributed by atoms with E-state index in [1.807, 2.05) is 0 Å². The summed E-state index contributed by atoms with van der Waals surface area (Å²) in [7, 11) is -1.82. The molecule has 0 amide bonds. The predicted molar refractivity (Wildman–Crippen MR) is 68.6 cm³/mol. The molecule has 1 atom stereocenters. The van der Waals surface area contributed by atoms with Gasteiger partial charge in [-0.1, -0.05) is 6.07 Å². The summed E-state index contributed by atoms with van der Waals surface area (Å²) >= 11 is 0. The molecule has 0 radical (unpaired) electrons. The zero-order chi connectivity index (χ0) is 13.6. The molecule has 0 saturated heterocycles. The van der Waals surface area contributed by atoms with Gasteiger partial charge in [0, 0.05) is 5.56 Å². The molecule has 1 aromatic rings. The molecule has 1 aliphatic heterocycles. The molecule has 1 aromatic carbocycles. The van der Waals surface area contributed by atoms with E-state index in [0.29, 0.717) is 17.1 Å². The highest BCUT2D eigenvalue weighted by Crippen LogP contribution is 2.39. The summed E-state index contributed by atoms with van der Waals surface area (Å²) in [6.45, 7) is 3.26. The van der Waals surface area contributed by atoms with Crippen molar-refractivity contribution in [1.82, 2.24) is 0 Å². The van der Waals surface area contributed by atoms with Crippen molar-refractivity contribution in [2.45, 2.75) is 42.4 Å². The molecular weight excluding hydrogens is 252 g/mol. The Labute approximate surface area is 108 Å². The third-order valence-electron chi connectivity index (χ3n) is 3.21. The van der Waals surface area contributed by atoms with Crippen molar-refractivity contribution in [3.05, 3.63) is 23.8 Å². The minimum atomic E-state index is -3.35. The standard InChI is InChI=1S/C13H18O4S/c1-13(2,14)8-9-7-10-11(17-3)5-4-6-12(10)18(9,15)16/h4-6,9,14H,7-8H2,1-3H3. The van der Waals surface area contributed by atoms with Crippen molar-refractivity contribution in [2.75, 3.05) is 7.11 Å². The maximum atomic E-state index is 12.4. The lowest BCUT2D eigenvalue weighted by molar-refractivity contribution is 0.0701. The van der Waals surface area contributed by atoms with E-state index < -0.39 is 20.7 Å². The van der Waals surface area contributed by atoms with Crippen LogP contribution in [0, 0.1) is 0 Å². The van der Waals surface area contributed by atoms with E-state index in [-0.39, 0.29) is 6.42 Å². The Balaban J connectivity index is 2.45. The Morgan fingerprint density at radius 3 is 2.67 bits per heavy atom. The van der Waals surface area contributed by atoms with E-state index in [0.717, 1.165) is 5.56 Å². The number of hydrogen-bond acceptors (Lipinski definition) is 4. The molecule has 0 aromatic heterocycles. The van der Waals surface area contributed by atoms with Crippen LogP contribution in [0.3, 0.4) is 0 Å². The first-order valence-corrected chi connectivity index (χ1v) is 7.42. The fourth-order valence-corrected chi connectivity index (χ4v) is 4.63. The Bertz CT molecular complexity index is 555. The second-order valence-corrected chi connectivity index (χ2v) is 7.52. The van der Waals surface area contributed by atoms with Gasteiger partial charge in [0.05, 0.1) is 22.9 Å². The molecule has 5 heteroatoms. The number of hydrogen-bond donors (Lipinski definition) is 1. The van der Waals surface area contributed by atoms with Gasteiger partial charge in [0.2, 0.25) is 0 Å². The van der Waals surface area contributed by atoms with Gasteiger partial charge in [-0.05, 0) is 38.8 Å². The average molecular weight is 270 g/mol. The molecule has 4 nitrogen and oxygen atoms in total. The second kappa shape index (κ2) is 4.24. The zero-order valence-corrected chi connectivity index (χ0v) is 11.6. The normalized spacial score (nSPS) is 21.7. The molecule has 0 fully saturated rings. The highest BCUT2D eigenvalue weighted by atomic mass is 32.2. The van der Waals surface area contributed by atoms with Gasteiger partial charge in [0.15, 0.2) is 9.84 Å². The van der Waals surface area contributed by atoms with Crippen LogP contribution in [0.5, 0.6) is 5.75 Å². The summed E-state index contributed by atoms with van der Waals surface area (Å²) in [4.78, 5) is 0.344. The van der Waals surface area contributed by atoms with Crippen molar-refractivity contribution in [2.24, 2.45) is 0 Å². The van der Waals surface area contributed by atoms with Crippen molar-refractivity contribution < 1.29 is 18.3 Å². The van der Waals surface area contributed by atoms with Crippen LogP contribution in [0.1, 0.15) is 25.8 Å². The van der Waals surface area contributed by atoms with E-state index in [9.17, 15) is 13.5 Å². The summed E-state index contributed by atoms with van der Waals surface area (Å²) in [5.41, 5.74) is -0.262. The number of benzene rings is 1. The summed E-state index contributed by atoms with van der Waals surface area (Å²) in [5.74, 6) is 0.606. The largest absolute Gasteiger partial charge is 0.496 e. The average Bonchev–Trinajstić information content (AvgIpc) is 2.49. The lowest BCUT2D eigenvalue weighted by atomic mass is 9.98. The molecule has 1 N–H and O–H groups in total. The van der Waals surface area contributed by atoms with Crippen LogP contribution in [0.15, 0.2) is 23.1 Å². The fraction of sp³-hybridized carbons (Fsp3) is 0.538. The van der Waals surface area contributed by atoms with Crippen LogP contribution in [-0.4, -0.2) is 31.5 Å². The van der Waals surface area contributed by atoms with Gasteiger partial charge >= 0.3 is 0 Å². The van der Waals surface area contributed by atoms with E-state index in [4.69, 9.17) is 4.74 Å². The quantitative estimate of drug-likeness (QED) is 0.905. The van der Waals surface area contributed by atoms with Gasteiger partial charge < -0.3 is 9.84 Å². The monoisotopic (exact) mass is 270 g/mol. The molecule has 0 aliphatic carbocycles. The van der Waals surface area contributed by atoms with Crippen LogP contribution in [0.25, 0.3) is 0 Å². The van der Waals surface area contributed by atoms with Gasteiger partial charge in [-0.15, -0.1) is 0 Å². The van der Waals surface area contributed by atoms with Crippen LogP contribution in [-0.2, 0) is 16.3 Å². The molecule has 1 aliphatic rings. The highest BCUT2D eigenvalue weighted by Gasteiger charge is 2.40. The van der Waals surface area contributed by atoms with Crippen LogP contribution in [0.2, 0.25) is 0 Å². The number of aliphatic hydroxyl groups is 1. The maximum absolute atomic E-state index is 12.4. The molecule has 0 bridgehead atoms. The Hall–Kier alpha value is -1.07. The number of rotatable bonds is 3.